The molecule has 184 valence electrons. The van der Waals surface area contributed by atoms with Crippen LogP contribution in [0.1, 0.15) is 36.9 Å². The van der Waals surface area contributed by atoms with Crippen LogP contribution in [0.15, 0.2) is 66.7 Å². The van der Waals surface area contributed by atoms with Crippen LogP contribution in [0.5, 0.6) is 0 Å². The average Bonchev–Trinajstić information content (AvgIpc) is 2.83. The third-order valence-corrected chi connectivity index (χ3v) is 6.71. The lowest BCUT2D eigenvalue weighted by Gasteiger charge is -2.44. The highest BCUT2D eigenvalue weighted by Gasteiger charge is 2.43. The summed E-state index contributed by atoms with van der Waals surface area (Å²) in [6, 6.07) is 16.6. The Morgan fingerprint density at radius 2 is 1.63 bits per heavy atom. The van der Waals surface area contributed by atoms with E-state index in [0.29, 0.717) is 37.1 Å². The largest absolute Gasteiger partial charge is 0.438 e. The smallest absolute Gasteiger partial charge is 0.411 e. The maximum absolute atomic E-state index is 14.2. The van der Waals surface area contributed by atoms with Crippen molar-refractivity contribution in [1.82, 2.24) is 9.80 Å². The van der Waals surface area contributed by atoms with Crippen LogP contribution >= 0.6 is 0 Å². The van der Waals surface area contributed by atoms with E-state index in [-0.39, 0.29) is 11.9 Å². The quantitative estimate of drug-likeness (QED) is 0.384. The molecule has 2 atom stereocenters. The van der Waals surface area contributed by atoms with Crippen LogP contribution in [-0.2, 0) is 10.3 Å². The second kappa shape index (κ2) is 10.1. The molecule has 3 aromatic rings. The van der Waals surface area contributed by atoms with Gasteiger partial charge >= 0.3 is 6.09 Å². The minimum atomic E-state index is -0.824. The minimum Gasteiger partial charge on any atom is -0.438 e. The molecule has 0 N–H and O–H groups in total. The van der Waals surface area contributed by atoms with Crippen molar-refractivity contribution in [2.45, 2.75) is 31.4 Å². The lowest BCUT2D eigenvalue weighted by Crippen LogP contribution is -2.49. The number of benzene rings is 3. The van der Waals surface area contributed by atoms with Gasteiger partial charge in [-0.15, -0.1) is 0 Å². The fourth-order valence-electron chi connectivity index (χ4n) is 4.55. The van der Waals surface area contributed by atoms with E-state index in [1.54, 1.807) is 29.2 Å². The number of halogens is 3. The molecule has 4 rings (SSSR count). The monoisotopic (exact) mass is 482 g/mol. The second-order valence-corrected chi connectivity index (χ2v) is 9.29. The van der Waals surface area contributed by atoms with Gasteiger partial charge in [0.05, 0.1) is 6.04 Å². The molecular formula is C28H29F3N2O2. The van der Waals surface area contributed by atoms with Crippen molar-refractivity contribution in [3.05, 3.63) is 95.3 Å². The van der Waals surface area contributed by atoms with Gasteiger partial charge in [-0.1, -0.05) is 36.4 Å². The molecule has 0 aromatic heterocycles. The third-order valence-electron chi connectivity index (χ3n) is 6.71. The summed E-state index contributed by atoms with van der Waals surface area (Å²) in [5.74, 6) is -1.58. The Morgan fingerprint density at radius 3 is 2.23 bits per heavy atom. The van der Waals surface area contributed by atoms with Crippen molar-refractivity contribution in [2.24, 2.45) is 0 Å². The Hall–Kier alpha value is -3.32. The molecule has 35 heavy (non-hydrogen) atoms. The van der Waals surface area contributed by atoms with Gasteiger partial charge in [0.15, 0.2) is 0 Å². The van der Waals surface area contributed by atoms with Crippen LogP contribution in [0.3, 0.4) is 0 Å². The maximum atomic E-state index is 14.2. The zero-order valence-electron chi connectivity index (χ0n) is 20.1. The van der Waals surface area contributed by atoms with Crippen LogP contribution in [0, 0.1) is 17.5 Å². The van der Waals surface area contributed by atoms with Gasteiger partial charge in [0, 0.05) is 37.6 Å². The molecule has 0 radical (unpaired) electrons. The first kappa shape index (κ1) is 24.8. The summed E-state index contributed by atoms with van der Waals surface area (Å²) in [6.45, 7) is 3.10. The Labute approximate surface area is 203 Å². The molecule has 1 aliphatic heterocycles. The van der Waals surface area contributed by atoms with Crippen LogP contribution < -0.4 is 0 Å². The summed E-state index contributed by atoms with van der Waals surface area (Å²) in [5, 5.41) is 0. The van der Waals surface area contributed by atoms with E-state index in [2.05, 4.69) is 0 Å². The van der Waals surface area contributed by atoms with Crippen molar-refractivity contribution in [1.29, 1.82) is 0 Å². The molecular weight excluding hydrogens is 453 g/mol. The van der Waals surface area contributed by atoms with Gasteiger partial charge < -0.3 is 14.5 Å². The maximum Gasteiger partial charge on any atom is 0.411 e. The first-order valence-electron chi connectivity index (χ1n) is 11.6. The molecule has 1 fully saturated rings. The summed E-state index contributed by atoms with van der Waals surface area (Å²) in [4.78, 5) is 16.9. The number of ether oxygens (including phenoxy) is 1. The van der Waals surface area contributed by atoms with Crippen LogP contribution in [0.25, 0.3) is 11.1 Å². The van der Waals surface area contributed by atoms with E-state index in [4.69, 9.17) is 4.74 Å². The van der Waals surface area contributed by atoms with Crippen LogP contribution in [0.2, 0.25) is 0 Å². The first-order chi connectivity index (χ1) is 16.7. The number of rotatable bonds is 7. The fourth-order valence-corrected chi connectivity index (χ4v) is 4.55. The first-order valence-corrected chi connectivity index (χ1v) is 11.6. The average molecular weight is 483 g/mol. The molecule has 0 aliphatic carbocycles. The summed E-state index contributed by atoms with van der Waals surface area (Å²) < 4.78 is 47.0. The standard InChI is InChI=1S/C28H29F3N2O2/c1-19(20-4-6-21(7-5-20)25-13-12-24(30)18-26(25)31)33-17-15-28(35-27(33)34,14-16-32(2)3)22-8-10-23(29)11-9-22/h4-13,18-19H,14-17H2,1-3H3/t19-,28+/m0/s1. The van der Waals surface area contributed by atoms with E-state index >= 15 is 0 Å². The van der Waals surface area contributed by atoms with E-state index in [1.165, 1.54) is 24.3 Å². The second-order valence-electron chi connectivity index (χ2n) is 9.29. The topological polar surface area (TPSA) is 32.8 Å². The highest BCUT2D eigenvalue weighted by atomic mass is 19.1. The highest BCUT2D eigenvalue weighted by Crippen LogP contribution is 2.40. The lowest BCUT2D eigenvalue weighted by atomic mass is 9.85. The number of hydrogen-bond donors (Lipinski definition) is 0. The zero-order chi connectivity index (χ0) is 25.2. The molecule has 0 bridgehead atoms. The molecule has 1 heterocycles. The molecule has 0 saturated carbocycles. The minimum absolute atomic E-state index is 0.269. The molecule has 4 nitrogen and oxygen atoms in total. The fraction of sp³-hybridized carbons (Fsp3) is 0.321. The Kier molecular flexibility index (Phi) is 7.17. The Balaban J connectivity index is 1.52. The van der Waals surface area contributed by atoms with E-state index < -0.39 is 23.3 Å². The summed E-state index contributed by atoms with van der Waals surface area (Å²) >= 11 is 0. The van der Waals surface area contributed by atoms with Gasteiger partial charge in [0.1, 0.15) is 23.1 Å². The van der Waals surface area contributed by atoms with Gasteiger partial charge in [-0.05, 0) is 62.0 Å². The Bertz CT molecular complexity index is 1180. The number of cyclic esters (lactones) is 1. The predicted molar refractivity (Wildman–Crippen MR) is 129 cm³/mol. The molecule has 3 aromatic carbocycles. The predicted octanol–water partition coefficient (Wildman–Crippen LogP) is 6.52. The lowest BCUT2D eigenvalue weighted by molar-refractivity contribution is -0.0679. The van der Waals surface area contributed by atoms with Crippen LogP contribution in [0.4, 0.5) is 18.0 Å². The Morgan fingerprint density at radius 1 is 0.971 bits per heavy atom. The molecule has 0 spiro atoms. The SMILES string of the molecule is C[C@@H](c1ccc(-c2ccc(F)cc2F)cc1)N1CC[C@](CCN(C)C)(c2ccc(F)cc2)OC1=O. The van der Waals surface area contributed by atoms with Gasteiger partial charge in [-0.25, -0.2) is 18.0 Å². The van der Waals surface area contributed by atoms with Gasteiger partial charge in [0.25, 0.3) is 0 Å². The van der Waals surface area contributed by atoms with Gasteiger partial charge in [-0.2, -0.15) is 0 Å². The molecule has 7 heteroatoms. The third kappa shape index (κ3) is 5.35. The number of carbonyl (C=O) groups is 1. The van der Waals surface area contributed by atoms with E-state index in [1.807, 2.05) is 38.1 Å². The highest BCUT2D eigenvalue weighted by molar-refractivity contribution is 5.70. The van der Waals surface area contributed by atoms with E-state index in [0.717, 1.165) is 17.2 Å². The van der Waals surface area contributed by atoms with Crippen molar-refractivity contribution in [3.8, 4) is 11.1 Å². The molecule has 1 aliphatic rings. The number of nitrogens with zero attached hydrogens (tertiary/aromatic N) is 2. The molecule has 0 unspecified atom stereocenters. The van der Waals surface area contributed by atoms with Crippen molar-refractivity contribution in [2.75, 3.05) is 27.2 Å². The summed E-state index contributed by atoms with van der Waals surface area (Å²) in [7, 11) is 3.91. The van der Waals surface area contributed by atoms with Crippen molar-refractivity contribution >= 4 is 6.09 Å². The summed E-state index contributed by atoms with van der Waals surface area (Å²) in [6.07, 6.45) is 0.736. The molecule has 1 amide bonds. The number of amides is 1. The van der Waals surface area contributed by atoms with Crippen molar-refractivity contribution < 1.29 is 22.7 Å². The van der Waals surface area contributed by atoms with Crippen molar-refractivity contribution in [3.63, 3.8) is 0 Å². The van der Waals surface area contributed by atoms with Crippen LogP contribution in [-0.4, -0.2) is 43.1 Å². The molecule has 1 saturated heterocycles. The normalized spacial score (nSPS) is 19.1. The summed E-state index contributed by atoms with van der Waals surface area (Å²) in [5.41, 5.74) is 1.77. The zero-order valence-corrected chi connectivity index (χ0v) is 20.1. The van der Waals surface area contributed by atoms with Gasteiger partial charge in [-0.3, -0.25) is 0 Å². The van der Waals surface area contributed by atoms with E-state index in [9.17, 15) is 18.0 Å². The number of carbonyl (C=O) groups excluding carboxylic acids is 1. The number of hydrogen-bond acceptors (Lipinski definition) is 3. The van der Waals surface area contributed by atoms with Gasteiger partial charge in [0.2, 0.25) is 0 Å².